The first-order valence-corrected chi connectivity index (χ1v) is 7.36. The van der Waals surface area contributed by atoms with Crippen LogP contribution in [-0.2, 0) is 0 Å². The number of benzene rings is 1. The lowest BCUT2D eigenvalue weighted by atomic mass is 10.1. The van der Waals surface area contributed by atoms with Gasteiger partial charge in [0.05, 0.1) is 27.6 Å². The van der Waals surface area contributed by atoms with Crippen LogP contribution in [0.25, 0.3) is 0 Å². The zero-order valence-electron chi connectivity index (χ0n) is 10.8. The van der Waals surface area contributed by atoms with Gasteiger partial charge >= 0.3 is 0 Å². The Labute approximate surface area is 124 Å². The normalized spacial score (nSPS) is 23.1. The molecule has 0 saturated heterocycles. The Morgan fingerprint density at radius 3 is 2.75 bits per heavy atom. The van der Waals surface area contributed by atoms with E-state index in [1.807, 2.05) is 0 Å². The Bertz CT molecular complexity index is 513. The van der Waals surface area contributed by atoms with Gasteiger partial charge in [0.2, 0.25) is 0 Å². The molecule has 1 aliphatic rings. The molecule has 2 N–H and O–H groups in total. The first kappa shape index (κ1) is 15.2. The highest BCUT2D eigenvalue weighted by Crippen LogP contribution is 2.32. The lowest BCUT2D eigenvalue weighted by Crippen LogP contribution is -2.32. The van der Waals surface area contributed by atoms with Gasteiger partial charge in [0.25, 0.3) is 5.69 Å². The van der Waals surface area contributed by atoms with Crippen molar-refractivity contribution in [3.05, 3.63) is 32.5 Å². The minimum Gasteiger partial charge on any atom is -0.391 e. The second kappa shape index (κ2) is 6.49. The predicted octanol–water partition coefficient (Wildman–Crippen LogP) is 3.60. The fourth-order valence-electron chi connectivity index (χ4n) is 2.46. The van der Waals surface area contributed by atoms with Crippen LogP contribution in [0.3, 0.4) is 0 Å². The number of rotatable bonds is 3. The van der Waals surface area contributed by atoms with Crippen molar-refractivity contribution in [2.75, 3.05) is 5.32 Å². The van der Waals surface area contributed by atoms with Crippen molar-refractivity contribution in [2.24, 2.45) is 0 Å². The van der Waals surface area contributed by atoms with Crippen LogP contribution in [0, 0.1) is 15.9 Å². The maximum Gasteiger partial charge on any atom is 0.295 e. The van der Waals surface area contributed by atoms with Gasteiger partial charge in [0.1, 0.15) is 11.5 Å². The third-order valence-corrected chi connectivity index (χ3v) is 4.16. The number of nitrogens with one attached hydrogen (secondary N) is 1. The minimum atomic E-state index is -0.677. The molecule has 2 unspecified atom stereocenters. The van der Waals surface area contributed by atoms with E-state index in [9.17, 15) is 19.6 Å². The summed E-state index contributed by atoms with van der Waals surface area (Å²) in [4.78, 5) is 10.4. The van der Waals surface area contributed by atoms with E-state index in [1.165, 1.54) is 6.07 Å². The number of hydrogen-bond acceptors (Lipinski definition) is 4. The van der Waals surface area contributed by atoms with E-state index in [0.29, 0.717) is 6.42 Å². The van der Waals surface area contributed by atoms with Gasteiger partial charge in [-0.15, -0.1) is 0 Å². The number of nitro benzene ring substituents is 1. The van der Waals surface area contributed by atoms with Crippen LogP contribution in [0.1, 0.15) is 32.1 Å². The van der Waals surface area contributed by atoms with Crippen LogP contribution < -0.4 is 5.32 Å². The summed E-state index contributed by atoms with van der Waals surface area (Å²) in [7, 11) is 0. The molecular weight excluding hydrogens is 331 g/mol. The SMILES string of the molecule is O=[N+]([O-])c1cc(F)c(Br)cc1NC1CCCCCC1O. The molecule has 1 aromatic carbocycles. The summed E-state index contributed by atoms with van der Waals surface area (Å²) in [5.74, 6) is -0.677. The Morgan fingerprint density at radius 1 is 1.35 bits per heavy atom. The van der Waals surface area contributed by atoms with Gasteiger partial charge in [-0.25, -0.2) is 4.39 Å². The number of hydrogen-bond donors (Lipinski definition) is 2. The van der Waals surface area contributed by atoms with Crippen molar-refractivity contribution in [2.45, 2.75) is 44.2 Å². The fraction of sp³-hybridized carbons (Fsp3) is 0.538. The standard InChI is InChI=1S/C13H16BrFN2O3/c14-8-6-11(12(17(19)20)7-9(8)15)16-10-4-2-1-3-5-13(10)18/h6-7,10,13,16,18H,1-5H2. The molecule has 20 heavy (non-hydrogen) atoms. The first-order chi connectivity index (χ1) is 9.49. The van der Waals surface area contributed by atoms with Crippen molar-refractivity contribution >= 4 is 27.3 Å². The fourth-order valence-corrected chi connectivity index (χ4v) is 2.80. The summed E-state index contributed by atoms with van der Waals surface area (Å²) in [6.45, 7) is 0. The number of halogens is 2. The van der Waals surface area contributed by atoms with Crippen molar-refractivity contribution in [1.82, 2.24) is 0 Å². The summed E-state index contributed by atoms with van der Waals surface area (Å²) in [5.41, 5.74) is -0.0867. The molecule has 0 bridgehead atoms. The molecule has 0 amide bonds. The third kappa shape index (κ3) is 3.46. The highest BCUT2D eigenvalue weighted by atomic mass is 79.9. The molecule has 0 spiro atoms. The Balaban J connectivity index is 2.27. The van der Waals surface area contributed by atoms with E-state index < -0.39 is 16.8 Å². The molecule has 2 atom stereocenters. The van der Waals surface area contributed by atoms with Crippen molar-refractivity contribution in [3.8, 4) is 0 Å². The monoisotopic (exact) mass is 346 g/mol. The molecule has 0 heterocycles. The summed E-state index contributed by atoms with van der Waals surface area (Å²) in [6.07, 6.45) is 3.84. The lowest BCUT2D eigenvalue weighted by molar-refractivity contribution is -0.384. The second-order valence-electron chi connectivity index (χ2n) is 5.00. The molecule has 0 radical (unpaired) electrons. The molecule has 7 heteroatoms. The Kier molecular flexibility index (Phi) is 4.93. The first-order valence-electron chi connectivity index (χ1n) is 6.57. The number of anilines is 1. The highest BCUT2D eigenvalue weighted by Gasteiger charge is 2.25. The van der Waals surface area contributed by atoms with E-state index >= 15 is 0 Å². The molecule has 1 saturated carbocycles. The zero-order chi connectivity index (χ0) is 14.7. The average Bonchev–Trinajstić information content (AvgIpc) is 2.59. The van der Waals surface area contributed by atoms with Crippen molar-refractivity contribution < 1.29 is 14.4 Å². The van der Waals surface area contributed by atoms with Crippen molar-refractivity contribution in [1.29, 1.82) is 0 Å². The summed E-state index contributed by atoms with van der Waals surface area (Å²) in [5, 5.41) is 24.0. The Hall–Kier alpha value is -1.21. The third-order valence-electron chi connectivity index (χ3n) is 3.56. The van der Waals surface area contributed by atoms with Crippen LogP contribution in [-0.4, -0.2) is 22.2 Å². The summed E-state index contributed by atoms with van der Waals surface area (Å²) in [6, 6.07) is 1.99. The maximum absolute atomic E-state index is 13.4. The van der Waals surface area contributed by atoms with Gasteiger partial charge in [-0.1, -0.05) is 19.3 Å². The maximum atomic E-state index is 13.4. The van der Waals surface area contributed by atoms with Gasteiger partial charge < -0.3 is 10.4 Å². The quantitative estimate of drug-likeness (QED) is 0.498. The molecule has 1 fully saturated rings. The highest BCUT2D eigenvalue weighted by molar-refractivity contribution is 9.10. The molecule has 1 aliphatic carbocycles. The lowest BCUT2D eigenvalue weighted by Gasteiger charge is -2.23. The average molecular weight is 347 g/mol. The van der Waals surface area contributed by atoms with E-state index in [4.69, 9.17) is 0 Å². The molecule has 5 nitrogen and oxygen atoms in total. The number of nitro groups is 1. The van der Waals surface area contributed by atoms with Gasteiger partial charge in [0.15, 0.2) is 0 Å². The zero-order valence-corrected chi connectivity index (χ0v) is 12.4. The molecule has 110 valence electrons. The second-order valence-corrected chi connectivity index (χ2v) is 5.85. The van der Waals surface area contributed by atoms with Crippen LogP contribution in [0.5, 0.6) is 0 Å². The number of aliphatic hydroxyl groups excluding tert-OH is 1. The summed E-state index contributed by atoms with van der Waals surface area (Å²) >= 11 is 3.02. The number of aliphatic hydroxyl groups is 1. The molecule has 2 rings (SSSR count). The Morgan fingerprint density at radius 2 is 2.05 bits per heavy atom. The van der Waals surface area contributed by atoms with Gasteiger partial charge in [0, 0.05) is 0 Å². The van der Waals surface area contributed by atoms with Crippen LogP contribution in [0.2, 0.25) is 0 Å². The van der Waals surface area contributed by atoms with Crippen LogP contribution >= 0.6 is 15.9 Å². The smallest absolute Gasteiger partial charge is 0.295 e. The van der Waals surface area contributed by atoms with Gasteiger partial charge in [-0.2, -0.15) is 0 Å². The topological polar surface area (TPSA) is 75.4 Å². The number of nitrogens with zero attached hydrogens (tertiary/aromatic N) is 1. The van der Waals surface area contributed by atoms with Gasteiger partial charge in [-0.05, 0) is 34.8 Å². The van der Waals surface area contributed by atoms with E-state index in [-0.39, 0.29) is 21.9 Å². The molecule has 0 aromatic heterocycles. The van der Waals surface area contributed by atoms with Gasteiger partial charge in [-0.3, -0.25) is 10.1 Å². The summed E-state index contributed by atoms with van der Waals surface area (Å²) < 4.78 is 13.6. The van der Waals surface area contributed by atoms with E-state index in [0.717, 1.165) is 31.7 Å². The molecule has 0 aliphatic heterocycles. The molecular formula is C13H16BrFN2O3. The van der Waals surface area contributed by atoms with Crippen molar-refractivity contribution in [3.63, 3.8) is 0 Å². The van der Waals surface area contributed by atoms with Crippen LogP contribution in [0.4, 0.5) is 15.8 Å². The minimum absolute atomic E-state index is 0.161. The van der Waals surface area contributed by atoms with E-state index in [1.54, 1.807) is 0 Å². The van der Waals surface area contributed by atoms with E-state index in [2.05, 4.69) is 21.2 Å². The predicted molar refractivity (Wildman–Crippen MR) is 77.3 cm³/mol. The van der Waals surface area contributed by atoms with Crippen LogP contribution in [0.15, 0.2) is 16.6 Å². The molecule has 1 aromatic rings. The largest absolute Gasteiger partial charge is 0.391 e.